The highest BCUT2D eigenvalue weighted by Crippen LogP contribution is 2.24. The van der Waals surface area contributed by atoms with Crippen LogP contribution in [-0.2, 0) is 14.8 Å². The number of para-hydroxylation sites is 1. The Morgan fingerprint density at radius 2 is 1.71 bits per heavy atom. The Labute approximate surface area is 140 Å². The van der Waals surface area contributed by atoms with Gasteiger partial charge in [-0.05, 0) is 31.2 Å². The number of anilines is 1. The van der Waals surface area contributed by atoms with E-state index in [1.165, 1.54) is 25.1 Å². The monoisotopic (exact) mass is 346 g/mol. The summed E-state index contributed by atoms with van der Waals surface area (Å²) >= 11 is 0. The van der Waals surface area contributed by atoms with E-state index in [-0.39, 0.29) is 23.6 Å². The van der Waals surface area contributed by atoms with Crippen molar-refractivity contribution >= 4 is 27.4 Å². The quantitative estimate of drug-likeness (QED) is 0.775. The number of Topliss-reactive ketones (excluding diaryl/α,β-unsaturated/α-hetero) is 1. The van der Waals surface area contributed by atoms with Gasteiger partial charge >= 0.3 is 0 Å². The van der Waals surface area contributed by atoms with Crippen molar-refractivity contribution < 1.29 is 18.0 Å². The maximum Gasteiger partial charge on any atom is 0.264 e. The number of carbonyl (C=O) groups is 2. The summed E-state index contributed by atoms with van der Waals surface area (Å²) in [6.07, 6.45) is -0.111. The van der Waals surface area contributed by atoms with E-state index in [4.69, 9.17) is 5.73 Å². The lowest BCUT2D eigenvalue weighted by atomic mass is 10.2. The summed E-state index contributed by atoms with van der Waals surface area (Å²) in [5.41, 5.74) is 5.89. The van der Waals surface area contributed by atoms with Crippen LogP contribution in [0.2, 0.25) is 0 Å². The summed E-state index contributed by atoms with van der Waals surface area (Å²) < 4.78 is 27.1. The zero-order chi connectivity index (χ0) is 17.7. The van der Waals surface area contributed by atoms with Crippen LogP contribution in [-0.4, -0.2) is 26.7 Å². The number of rotatable bonds is 7. The van der Waals surface area contributed by atoms with Crippen LogP contribution >= 0.6 is 0 Å². The van der Waals surface area contributed by atoms with Gasteiger partial charge in [0.25, 0.3) is 10.0 Å². The van der Waals surface area contributed by atoms with Crippen LogP contribution in [0, 0.1) is 0 Å². The zero-order valence-corrected chi connectivity index (χ0v) is 14.0. The predicted molar refractivity (Wildman–Crippen MR) is 91.2 cm³/mol. The van der Waals surface area contributed by atoms with E-state index in [9.17, 15) is 18.0 Å². The third kappa shape index (κ3) is 3.99. The highest BCUT2D eigenvalue weighted by molar-refractivity contribution is 7.92. The highest BCUT2D eigenvalue weighted by Gasteiger charge is 2.25. The van der Waals surface area contributed by atoms with Crippen molar-refractivity contribution in [2.24, 2.45) is 5.73 Å². The van der Waals surface area contributed by atoms with Crippen LogP contribution in [0.5, 0.6) is 0 Å². The molecule has 7 heteroatoms. The van der Waals surface area contributed by atoms with Crippen LogP contribution < -0.4 is 10.0 Å². The van der Waals surface area contributed by atoms with Crippen molar-refractivity contribution in [2.75, 3.05) is 10.8 Å². The maximum atomic E-state index is 13.0. The summed E-state index contributed by atoms with van der Waals surface area (Å²) in [6.45, 7) is 1.29. The first-order chi connectivity index (χ1) is 11.3. The Kier molecular flexibility index (Phi) is 5.35. The van der Waals surface area contributed by atoms with Crippen molar-refractivity contribution in [3.05, 3.63) is 60.2 Å². The molecule has 2 aromatic rings. The minimum atomic E-state index is -3.93. The van der Waals surface area contributed by atoms with Gasteiger partial charge in [-0.25, -0.2) is 8.42 Å². The van der Waals surface area contributed by atoms with Crippen molar-refractivity contribution in [2.45, 2.75) is 18.2 Å². The molecule has 0 bridgehead atoms. The molecule has 1 amide bonds. The molecule has 2 aromatic carbocycles. The van der Waals surface area contributed by atoms with E-state index < -0.39 is 15.9 Å². The normalized spacial score (nSPS) is 11.0. The summed E-state index contributed by atoms with van der Waals surface area (Å²) in [5.74, 6) is -0.820. The Bertz CT molecular complexity index is 848. The molecule has 24 heavy (non-hydrogen) atoms. The minimum absolute atomic E-state index is 0.0106. The molecule has 0 fully saturated rings. The number of hydrogen-bond acceptors (Lipinski definition) is 4. The van der Waals surface area contributed by atoms with Crippen LogP contribution in [0.1, 0.15) is 23.7 Å². The van der Waals surface area contributed by atoms with Gasteiger partial charge < -0.3 is 5.73 Å². The number of sulfonamides is 1. The molecule has 0 saturated carbocycles. The fourth-order valence-corrected chi connectivity index (χ4v) is 3.71. The van der Waals surface area contributed by atoms with E-state index in [2.05, 4.69) is 0 Å². The van der Waals surface area contributed by atoms with Gasteiger partial charge in [-0.2, -0.15) is 0 Å². The number of nitrogens with two attached hydrogens (primary N) is 1. The van der Waals surface area contributed by atoms with E-state index >= 15 is 0 Å². The number of nitrogens with zero attached hydrogens (tertiary/aromatic N) is 1. The fourth-order valence-electron chi connectivity index (χ4n) is 2.20. The molecular formula is C17H18N2O4S. The first kappa shape index (κ1) is 17.7. The van der Waals surface area contributed by atoms with E-state index in [0.717, 1.165) is 4.31 Å². The van der Waals surface area contributed by atoms with Crippen molar-refractivity contribution in [3.8, 4) is 0 Å². The molecule has 0 aliphatic rings. The fraction of sp³-hybridized carbons (Fsp3) is 0.176. The predicted octanol–water partition coefficient (Wildman–Crippen LogP) is 1.96. The van der Waals surface area contributed by atoms with Gasteiger partial charge in [0, 0.05) is 18.5 Å². The number of hydrogen-bond donors (Lipinski definition) is 1. The molecule has 0 saturated heterocycles. The average molecular weight is 346 g/mol. The van der Waals surface area contributed by atoms with Gasteiger partial charge in [-0.15, -0.1) is 0 Å². The second-order valence-electron chi connectivity index (χ2n) is 5.21. The summed E-state index contributed by atoms with van der Waals surface area (Å²) in [5, 5.41) is 0. The lowest BCUT2D eigenvalue weighted by Crippen LogP contribution is -2.34. The SMILES string of the molecule is CC(=O)c1cccc(S(=O)(=O)N(CCC(N)=O)c2ccccc2)c1. The summed E-state index contributed by atoms with van der Waals surface area (Å²) in [6, 6.07) is 14.3. The van der Waals surface area contributed by atoms with E-state index in [1.54, 1.807) is 36.4 Å². The van der Waals surface area contributed by atoms with Gasteiger partial charge in [0.15, 0.2) is 5.78 Å². The van der Waals surface area contributed by atoms with Crippen molar-refractivity contribution in [1.29, 1.82) is 0 Å². The molecule has 0 radical (unpaired) electrons. The van der Waals surface area contributed by atoms with Gasteiger partial charge in [0.1, 0.15) is 0 Å². The molecule has 2 rings (SSSR count). The van der Waals surface area contributed by atoms with Crippen molar-refractivity contribution in [1.82, 2.24) is 0 Å². The zero-order valence-electron chi connectivity index (χ0n) is 13.2. The second kappa shape index (κ2) is 7.27. The minimum Gasteiger partial charge on any atom is -0.370 e. The molecule has 0 atom stereocenters. The molecule has 0 heterocycles. The molecule has 0 aliphatic carbocycles. The molecule has 0 aliphatic heterocycles. The van der Waals surface area contributed by atoms with Gasteiger partial charge in [-0.3, -0.25) is 13.9 Å². The molecule has 0 unspecified atom stereocenters. The molecule has 0 aromatic heterocycles. The van der Waals surface area contributed by atoms with Gasteiger partial charge in [0.05, 0.1) is 10.6 Å². The number of ketones is 1. The van der Waals surface area contributed by atoms with Crippen LogP contribution in [0.4, 0.5) is 5.69 Å². The lowest BCUT2D eigenvalue weighted by molar-refractivity contribution is -0.117. The second-order valence-corrected chi connectivity index (χ2v) is 7.08. The average Bonchev–Trinajstić information content (AvgIpc) is 2.55. The lowest BCUT2D eigenvalue weighted by Gasteiger charge is -2.24. The smallest absolute Gasteiger partial charge is 0.264 e. The summed E-state index contributed by atoms with van der Waals surface area (Å²) in [7, 11) is -3.93. The molecule has 6 nitrogen and oxygen atoms in total. The standard InChI is InChI=1S/C17H18N2O4S/c1-13(20)14-6-5-9-16(12-14)24(22,23)19(11-10-17(18)21)15-7-3-2-4-8-15/h2-9,12H,10-11H2,1H3,(H2,18,21). The summed E-state index contributed by atoms with van der Waals surface area (Å²) in [4.78, 5) is 22.6. The highest BCUT2D eigenvalue weighted by atomic mass is 32.2. The number of amides is 1. The van der Waals surface area contributed by atoms with Crippen LogP contribution in [0.25, 0.3) is 0 Å². The van der Waals surface area contributed by atoms with Crippen LogP contribution in [0.15, 0.2) is 59.5 Å². The third-order valence-corrected chi connectivity index (χ3v) is 5.26. The Morgan fingerprint density at radius 1 is 1.04 bits per heavy atom. The van der Waals surface area contributed by atoms with Crippen LogP contribution in [0.3, 0.4) is 0 Å². The first-order valence-electron chi connectivity index (χ1n) is 7.29. The largest absolute Gasteiger partial charge is 0.370 e. The van der Waals surface area contributed by atoms with E-state index in [0.29, 0.717) is 11.3 Å². The number of benzene rings is 2. The molecular weight excluding hydrogens is 328 g/mol. The Morgan fingerprint density at radius 3 is 2.29 bits per heavy atom. The maximum absolute atomic E-state index is 13.0. The third-order valence-electron chi connectivity index (χ3n) is 3.43. The van der Waals surface area contributed by atoms with Gasteiger partial charge in [-0.1, -0.05) is 30.3 Å². The molecule has 2 N–H and O–H groups in total. The topological polar surface area (TPSA) is 97.5 Å². The molecule has 0 spiro atoms. The Balaban J connectivity index is 2.49. The number of primary amides is 1. The number of carbonyl (C=O) groups excluding carboxylic acids is 2. The first-order valence-corrected chi connectivity index (χ1v) is 8.73. The van der Waals surface area contributed by atoms with E-state index in [1.807, 2.05) is 0 Å². The molecule has 126 valence electrons. The Hall–Kier alpha value is -2.67. The van der Waals surface area contributed by atoms with Gasteiger partial charge in [0.2, 0.25) is 5.91 Å². The van der Waals surface area contributed by atoms with Crippen molar-refractivity contribution in [3.63, 3.8) is 0 Å².